The lowest BCUT2D eigenvalue weighted by Gasteiger charge is -2.32. The van der Waals surface area contributed by atoms with Crippen LogP contribution in [-0.2, 0) is 4.79 Å². The number of hydrogen-bond acceptors (Lipinski definition) is 2. The van der Waals surface area contributed by atoms with Crippen molar-refractivity contribution in [2.24, 2.45) is 5.92 Å². The Kier molecular flexibility index (Phi) is 6.31. The third kappa shape index (κ3) is 5.52. The Morgan fingerprint density at radius 1 is 1.21 bits per heavy atom. The highest BCUT2D eigenvalue weighted by Crippen LogP contribution is 2.26. The monoisotopic (exact) mass is 268 g/mol. The van der Waals surface area contributed by atoms with Gasteiger partial charge in [0.25, 0.3) is 0 Å². The Morgan fingerprint density at radius 2 is 1.79 bits per heavy atom. The van der Waals surface area contributed by atoms with Gasteiger partial charge in [-0.25, -0.2) is 0 Å². The maximum atomic E-state index is 12.2. The molecule has 0 bridgehead atoms. The van der Waals surface area contributed by atoms with Crippen molar-refractivity contribution in [2.45, 2.75) is 90.8 Å². The molecule has 1 unspecified atom stereocenters. The van der Waals surface area contributed by atoms with Gasteiger partial charge in [0.1, 0.15) is 0 Å². The number of nitrogens with one attached hydrogen (secondary N) is 2. The summed E-state index contributed by atoms with van der Waals surface area (Å²) >= 11 is 0. The Bertz CT molecular complexity index is 282. The van der Waals surface area contributed by atoms with E-state index in [9.17, 15) is 4.79 Å². The van der Waals surface area contributed by atoms with E-state index in [0.717, 1.165) is 12.3 Å². The Morgan fingerprint density at radius 3 is 2.32 bits per heavy atom. The summed E-state index contributed by atoms with van der Waals surface area (Å²) in [5.74, 6) is 0.859. The van der Waals surface area contributed by atoms with Crippen molar-refractivity contribution >= 4 is 5.91 Å². The predicted molar refractivity (Wildman–Crippen MR) is 81.1 cm³/mol. The van der Waals surface area contributed by atoms with Gasteiger partial charge in [-0.1, -0.05) is 26.2 Å². The summed E-state index contributed by atoms with van der Waals surface area (Å²) in [5, 5.41) is 6.60. The van der Waals surface area contributed by atoms with Gasteiger partial charge in [0.15, 0.2) is 0 Å². The van der Waals surface area contributed by atoms with Gasteiger partial charge < -0.3 is 10.6 Å². The molecular weight excluding hydrogens is 236 g/mol. The fraction of sp³-hybridized carbons (Fsp3) is 0.938. The van der Waals surface area contributed by atoms with Gasteiger partial charge in [0, 0.05) is 11.6 Å². The summed E-state index contributed by atoms with van der Waals surface area (Å²) in [6, 6.07) is 0.327. The van der Waals surface area contributed by atoms with E-state index in [0.29, 0.717) is 6.04 Å². The van der Waals surface area contributed by atoms with Crippen LogP contribution >= 0.6 is 0 Å². The van der Waals surface area contributed by atoms with E-state index in [1.807, 2.05) is 6.92 Å². The first-order chi connectivity index (χ1) is 8.85. The van der Waals surface area contributed by atoms with E-state index in [1.165, 1.54) is 32.1 Å². The lowest BCUT2D eigenvalue weighted by Crippen LogP contribution is -2.53. The molecule has 2 atom stereocenters. The first-order valence-electron chi connectivity index (χ1n) is 7.94. The SMILES string of the molecule is CCC(C)(C)NC(=O)C(C)N[C@@H](C)C1CCCCC1. The fourth-order valence-corrected chi connectivity index (χ4v) is 2.77. The van der Waals surface area contributed by atoms with Crippen LogP contribution in [0.2, 0.25) is 0 Å². The highest BCUT2D eigenvalue weighted by atomic mass is 16.2. The molecule has 0 aromatic rings. The summed E-state index contributed by atoms with van der Waals surface area (Å²) in [4.78, 5) is 12.2. The summed E-state index contributed by atoms with van der Waals surface area (Å²) < 4.78 is 0. The standard InChI is InChI=1S/C16H32N2O/c1-6-16(4,5)18-15(19)13(3)17-12(2)14-10-8-7-9-11-14/h12-14,17H,6-11H2,1-5H3,(H,18,19)/t12-,13?/m0/s1. The number of rotatable bonds is 6. The van der Waals surface area contributed by atoms with Crippen LogP contribution in [0.3, 0.4) is 0 Å². The van der Waals surface area contributed by atoms with E-state index >= 15 is 0 Å². The summed E-state index contributed by atoms with van der Waals surface area (Å²) in [6.45, 7) is 10.4. The number of carbonyl (C=O) groups excluding carboxylic acids is 1. The van der Waals surface area contributed by atoms with Gasteiger partial charge in [-0.05, 0) is 52.9 Å². The van der Waals surface area contributed by atoms with Crippen LogP contribution < -0.4 is 10.6 Å². The minimum Gasteiger partial charge on any atom is -0.350 e. The number of hydrogen-bond donors (Lipinski definition) is 2. The molecule has 19 heavy (non-hydrogen) atoms. The molecule has 0 spiro atoms. The van der Waals surface area contributed by atoms with Crippen LogP contribution in [0.4, 0.5) is 0 Å². The number of amides is 1. The molecule has 1 saturated carbocycles. The average Bonchev–Trinajstić information content (AvgIpc) is 2.39. The Labute approximate surface area is 118 Å². The zero-order valence-electron chi connectivity index (χ0n) is 13.4. The average molecular weight is 268 g/mol. The molecule has 2 N–H and O–H groups in total. The van der Waals surface area contributed by atoms with Crippen molar-refractivity contribution in [2.75, 3.05) is 0 Å². The third-order valence-electron chi connectivity index (χ3n) is 4.61. The molecule has 112 valence electrons. The maximum absolute atomic E-state index is 12.2. The van der Waals surface area contributed by atoms with Gasteiger partial charge in [0.2, 0.25) is 5.91 Å². The van der Waals surface area contributed by atoms with Crippen molar-refractivity contribution in [3.63, 3.8) is 0 Å². The van der Waals surface area contributed by atoms with Crippen molar-refractivity contribution in [1.29, 1.82) is 0 Å². The molecule has 0 heterocycles. The van der Waals surface area contributed by atoms with Crippen LogP contribution in [-0.4, -0.2) is 23.5 Å². The van der Waals surface area contributed by atoms with Crippen molar-refractivity contribution in [1.82, 2.24) is 10.6 Å². The molecule has 1 rings (SSSR count). The Balaban J connectivity index is 2.40. The van der Waals surface area contributed by atoms with Crippen molar-refractivity contribution < 1.29 is 4.79 Å². The molecule has 1 amide bonds. The highest BCUT2D eigenvalue weighted by molar-refractivity contribution is 5.82. The second kappa shape index (κ2) is 7.28. The van der Waals surface area contributed by atoms with Crippen LogP contribution in [0.1, 0.15) is 73.1 Å². The summed E-state index contributed by atoms with van der Waals surface area (Å²) in [5.41, 5.74) is -0.110. The quantitative estimate of drug-likeness (QED) is 0.776. The molecule has 0 aliphatic heterocycles. The smallest absolute Gasteiger partial charge is 0.237 e. The van der Waals surface area contributed by atoms with Crippen LogP contribution in [0.25, 0.3) is 0 Å². The van der Waals surface area contributed by atoms with E-state index in [-0.39, 0.29) is 17.5 Å². The predicted octanol–water partition coefficient (Wildman–Crippen LogP) is 3.24. The molecule has 1 aliphatic rings. The molecular formula is C16H32N2O. The Hall–Kier alpha value is -0.570. The summed E-state index contributed by atoms with van der Waals surface area (Å²) in [6.07, 6.45) is 7.64. The van der Waals surface area contributed by atoms with Gasteiger partial charge in [-0.3, -0.25) is 4.79 Å². The normalized spacial score (nSPS) is 20.9. The van der Waals surface area contributed by atoms with Crippen LogP contribution in [0.5, 0.6) is 0 Å². The van der Waals surface area contributed by atoms with E-state index in [2.05, 4.69) is 38.3 Å². The lowest BCUT2D eigenvalue weighted by atomic mass is 9.84. The van der Waals surface area contributed by atoms with Crippen molar-refractivity contribution in [3.05, 3.63) is 0 Å². The fourth-order valence-electron chi connectivity index (χ4n) is 2.77. The van der Waals surface area contributed by atoms with Gasteiger partial charge >= 0.3 is 0 Å². The van der Waals surface area contributed by atoms with Gasteiger partial charge in [-0.2, -0.15) is 0 Å². The summed E-state index contributed by atoms with van der Waals surface area (Å²) in [7, 11) is 0. The van der Waals surface area contributed by atoms with Gasteiger partial charge in [-0.15, -0.1) is 0 Å². The molecule has 0 aromatic carbocycles. The molecule has 1 aliphatic carbocycles. The number of carbonyl (C=O) groups is 1. The minimum absolute atomic E-state index is 0.109. The molecule has 0 radical (unpaired) electrons. The second-order valence-electron chi connectivity index (χ2n) is 6.80. The third-order valence-corrected chi connectivity index (χ3v) is 4.61. The molecule has 1 fully saturated rings. The molecule has 0 saturated heterocycles. The minimum atomic E-state index is -0.110. The maximum Gasteiger partial charge on any atom is 0.237 e. The highest BCUT2D eigenvalue weighted by Gasteiger charge is 2.25. The van der Waals surface area contributed by atoms with Crippen LogP contribution in [0.15, 0.2) is 0 Å². The molecule has 3 heteroatoms. The van der Waals surface area contributed by atoms with Crippen LogP contribution in [0, 0.1) is 5.92 Å². The second-order valence-corrected chi connectivity index (χ2v) is 6.80. The van der Waals surface area contributed by atoms with Gasteiger partial charge in [0.05, 0.1) is 6.04 Å². The topological polar surface area (TPSA) is 41.1 Å². The van der Waals surface area contributed by atoms with E-state index < -0.39 is 0 Å². The zero-order valence-corrected chi connectivity index (χ0v) is 13.4. The first-order valence-corrected chi connectivity index (χ1v) is 7.94. The van der Waals surface area contributed by atoms with Crippen molar-refractivity contribution in [3.8, 4) is 0 Å². The lowest BCUT2D eigenvalue weighted by molar-refractivity contribution is -0.124. The largest absolute Gasteiger partial charge is 0.350 e. The first kappa shape index (κ1) is 16.5. The molecule has 0 aromatic heterocycles. The molecule has 3 nitrogen and oxygen atoms in total. The zero-order chi connectivity index (χ0) is 14.5. The van der Waals surface area contributed by atoms with E-state index in [1.54, 1.807) is 0 Å². The van der Waals surface area contributed by atoms with E-state index in [4.69, 9.17) is 0 Å².